The molecular formula is C24H36N2O3. The van der Waals surface area contributed by atoms with Gasteiger partial charge in [0.1, 0.15) is 6.61 Å². The van der Waals surface area contributed by atoms with Crippen LogP contribution in [0, 0.1) is 23.2 Å². The number of carbonyl (C=O) groups is 1. The van der Waals surface area contributed by atoms with E-state index in [1.54, 1.807) is 0 Å². The molecule has 0 unspecified atom stereocenters. The van der Waals surface area contributed by atoms with Gasteiger partial charge in [0.15, 0.2) is 0 Å². The average Bonchev–Trinajstić information content (AvgIpc) is 2.65. The number of anilines is 1. The van der Waals surface area contributed by atoms with Gasteiger partial charge in [0.2, 0.25) is 0 Å². The zero-order valence-electron chi connectivity index (χ0n) is 18.9. The van der Waals surface area contributed by atoms with E-state index < -0.39 is 0 Å². The van der Waals surface area contributed by atoms with E-state index in [0.717, 1.165) is 0 Å². The monoisotopic (exact) mass is 400 g/mol. The van der Waals surface area contributed by atoms with Gasteiger partial charge in [-0.15, -0.1) is 0 Å². The van der Waals surface area contributed by atoms with Crippen molar-refractivity contribution < 1.29 is 14.3 Å². The van der Waals surface area contributed by atoms with Crippen LogP contribution in [0.25, 0.3) is 0 Å². The molecule has 1 fully saturated rings. The molecule has 5 heteroatoms. The number of alkyl carbamates (subject to hydrolysis) is 1. The van der Waals surface area contributed by atoms with Gasteiger partial charge in [0.05, 0.1) is 12.7 Å². The molecular weight excluding hydrogens is 364 g/mol. The molecule has 3 rings (SSSR count). The molecule has 1 heterocycles. The molecule has 2 bridgehead atoms. The SMILES string of the molecule is CC1=C[C@@H](C)[C@]2(COC(=O)NC(C)C)CO[C@H](c3ccc(N(C)C)cc3)[C@@H]1[C@H]2C. The predicted molar refractivity (Wildman–Crippen MR) is 117 cm³/mol. The Morgan fingerprint density at radius 3 is 2.52 bits per heavy atom. The van der Waals surface area contributed by atoms with E-state index in [2.05, 4.69) is 61.3 Å². The second-order valence-electron chi connectivity index (χ2n) is 9.34. The largest absolute Gasteiger partial charge is 0.449 e. The predicted octanol–water partition coefficient (Wildman–Crippen LogP) is 4.79. The first kappa shape index (κ1) is 21.7. The van der Waals surface area contributed by atoms with Crippen LogP contribution >= 0.6 is 0 Å². The lowest BCUT2D eigenvalue weighted by Gasteiger charge is -2.55. The number of carbonyl (C=O) groups excluding carboxylic acids is 1. The Bertz CT molecular complexity index is 756. The van der Waals surface area contributed by atoms with Crippen molar-refractivity contribution >= 4 is 11.8 Å². The smallest absolute Gasteiger partial charge is 0.407 e. The Morgan fingerprint density at radius 1 is 1.28 bits per heavy atom. The highest BCUT2D eigenvalue weighted by Crippen LogP contribution is 2.56. The summed E-state index contributed by atoms with van der Waals surface area (Å²) < 4.78 is 12.2. The van der Waals surface area contributed by atoms with Crippen LogP contribution in [0.1, 0.15) is 46.3 Å². The number of fused-ring (bicyclic) bond motifs is 2. The minimum atomic E-state index is -0.349. The highest BCUT2D eigenvalue weighted by Gasteiger charge is 2.54. The topological polar surface area (TPSA) is 50.8 Å². The molecule has 29 heavy (non-hydrogen) atoms. The minimum absolute atomic E-state index is 0.0302. The Morgan fingerprint density at radius 2 is 1.93 bits per heavy atom. The quantitative estimate of drug-likeness (QED) is 0.722. The maximum Gasteiger partial charge on any atom is 0.407 e. The van der Waals surface area contributed by atoms with Crippen LogP contribution < -0.4 is 10.2 Å². The maximum absolute atomic E-state index is 12.1. The van der Waals surface area contributed by atoms with Gasteiger partial charge in [-0.2, -0.15) is 0 Å². The standard InChI is InChI=1S/C24H36N2O3/c1-15(2)25-23(27)29-14-24-13-28-22(19-8-10-20(11-9-19)26(6)7)21(18(24)5)16(3)12-17(24)4/h8-12,15,17-18,21-22H,13-14H2,1-7H3,(H,25,27)/t17-,18-,21+,22-,24-/m1/s1. The zero-order valence-corrected chi connectivity index (χ0v) is 18.9. The molecule has 160 valence electrons. The Hall–Kier alpha value is -2.01. The third kappa shape index (κ3) is 4.16. The summed E-state index contributed by atoms with van der Waals surface area (Å²) in [6.07, 6.45) is 2.04. The summed E-state index contributed by atoms with van der Waals surface area (Å²) in [5.74, 6) is 0.918. The fourth-order valence-electron chi connectivity index (χ4n) is 5.00. The average molecular weight is 401 g/mol. The molecule has 1 aliphatic carbocycles. The summed E-state index contributed by atoms with van der Waals surface area (Å²) >= 11 is 0. The second-order valence-corrected chi connectivity index (χ2v) is 9.34. The fourth-order valence-corrected chi connectivity index (χ4v) is 5.00. The van der Waals surface area contributed by atoms with Crippen molar-refractivity contribution in [3.05, 3.63) is 41.5 Å². The van der Waals surface area contributed by atoms with Gasteiger partial charge in [-0.25, -0.2) is 4.79 Å². The molecule has 0 aromatic heterocycles. The van der Waals surface area contributed by atoms with Gasteiger partial charge in [0.25, 0.3) is 0 Å². The van der Waals surface area contributed by atoms with E-state index in [-0.39, 0.29) is 35.5 Å². The summed E-state index contributed by atoms with van der Waals surface area (Å²) in [7, 11) is 4.10. The van der Waals surface area contributed by atoms with Gasteiger partial charge in [-0.3, -0.25) is 0 Å². The summed E-state index contributed by atoms with van der Waals surface area (Å²) in [6, 6.07) is 8.72. The Labute approximate surface area is 175 Å². The molecule has 1 aromatic rings. The molecule has 1 saturated heterocycles. The van der Waals surface area contributed by atoms with Gasteiger partial charge >= 0.3 is 6.09 Å². The molecule has 5 nitrogen and oxygen atoms in total. The van der Waals surface area contributed by atoms with E-state index in [0.29, 0.717) is 19.1 Å². The third-order valence-electron chi connectivity index (χ3n) is 6.87. The molecule has 2 aliphatic rings. The van der Waals surface area contributed by atoms with E-state index in [1.807, 2.05) is 27.9 Å². The van der Waals surface area contributed by atoms with Crippen LogP contribution in [-0.2, 0) is 9.47 Å². The van der Waals surface area contributed by atoms with Crippen molar-refractivity contribution in [3.8, 4) is 0 Å². The summed E-state index contributed by atoms with van der Waals surface area (Å²) in [5.41, 5.74) is 3.56. The van der Waals surface area contributed by atoms with Crippen LogP contribution in [0.4, 0.5) is 10.5 Å². The fraction of sp³-hybridized carbons (Fsp3) is 0.625. The summed E-state index contributed by atoms with van der Waals surface area (Å²) in [6.45, 7) is 11.6. The number of allylic oxidation sites excluding steroid dienone is 1. The number of hydrogen-bond acceptors (Lipinski definition) is 4. The number of rotatable bonds is 5. The molecule has 1 aliphatic heterocycles. The molecule has 0 radical (unpaired) electrons. The summed E-state index contributed by atoms with van der Waals surface area (Å²) in [4.78, 5) is 14.2. The number of nitrogens with one attached hydrogen (secondary N) is 1. The normalized spacial score (nSPS) is 31.2. The number of nitrogens with zero attached hydrogens (tertiary/aromatic N) is 1. The molecule has 5 atom stereocenters. The number of amides is 1. The molecule has 1 amide bonds. The number of ether oxygens (including phenoxy) is 2. The molecule has 0 spiro atoms. The first-order valence-corrected chi connectivity index (χ1v) is 10.7. The third-order valence-corrected chi connectivity index (χ3v) is 6.87. The van der Waals surface area contributed by atoms with E-state index in [1.165, 1.54) is 16.8 Å². The lowest BCUT2D eigenvalue weighted by atomic mass is 9.56. The molecule has 1 aromatic carbocycles. The lowest BCUT2D eigenvalue weighted by molar-refractivity contribution is -0.165. The van der Waals surface area contributed by atoms with Crippen LogP contribution in [0.15, 0.2) is 35.9 Å². The van der Waals surface area contributed by atoms with Crippen molar-refractivity contribution in [2.24, 2.45) is 23.2 Å². The first-order chi connectivity index (χ1) is 13.7. The van der Waals surface area contributed by atoms with Crippen molar-refractivity contribution in [2.45, 2.75) is 46.8 Å². The number of hydrogen-bond donors (Lipinski definition) is 1. The van der Waals surface area contributed by atoms with E-state index in [4.69, 9.17) is 9.47 Å². The molecule has 0 saturated carbocycles. The number of benzene rings is 1. The van der Waals surface area contributed by atoms with Gasteiger partial charge in [0, 0.05) is 37.2 Å². The van der Waals surface area contributed by atoms with Gasteiger partial charge in [-0.05, 0) is 50.3 Å². The van der Waals surface area contributed by atoms with E-state index >= 15 is 0 Å². The Balaban J connectivity index is 1.83. The van der Waals surface area contributed by atoms with E-state index in [9.17, 15) is 4.79 Å². The minimum Gasteiger partial charge on any atom is -0.449 e. The van der Waals surface area contributed by atoms with Crippen LogP contribution in [0.3, 0.4) is 0 Å². The van der Waals surface area contributed by atoms with Crippen LogP contribution in [-0.4, -0.2) is 39.4 Å². The highest BCUT2D eigenvalue weighted by molar-refractivity contribution is 5.67. The maximum atomic E-state index is 12.1. The van der Waals surface area contributed by atoms with Crippen LogP contribution in [0.5, 0.6) is 0 Å². The van der Waals surface area contributed by atoms with Gasteiger partial charge in [-0.1, -0.05) is 37.6 Å². The summed E-state index contributed by atoms with van der Waals surface area (Å²) in [5, 5.41) is 2.82. The van der Waals surface area contributed by atoms with Gasteiger partial charge < -0.3 is 19.7 Å². The molecule has 1 N–H and O–H groups in total. The van der Waals surface area contributed by atoms with Crippen molar-refractivity contribution in [3.63, 3.8) is 0 Å². The Kier molecular flexibility index (Phi) is 6.27. The van der Waals surface area contributed by atoms with Crippen molar-refractivity contribution in [1.29, 1.82) is 0 Å². The van der Waals surface area contributed by atoms with Crippen LogP contribution in [0.2, 0.25) is 0 Å². The highest BCUT2D eigenvalue weighted by atomic mass is 16.6. The van der Waals surface area contributed by atoms with Crippen molar-refractivity contribution in [1.82, 2.24) is 5.32 Å². The zero-order chi connectivity index (χ0) is 21.3. The lowest BCUT2D eigenvalue weighted by Crippen LogP contribution is -2.55. The van der Waals surface area contributed by atoms with Crippen molar-refractivity contribution in [2.75, 3.05) is 32.2 Å². The first-order valence-electron chi connectivity index (χ1n) is 10.7. The second kappa shape index (κ2) is 8.39.